The molecule has 2 rings (SSSR count). The molecule has 2 atom stereocenters. The second-order valence-corrected chi connectivity index (χ2v) is 6.24. The van der Waals surface area contributed by atoms with Crippen molar-refractivity contribution in [2.45, 2.75) is 31.8 Å². The largest absolute Gasteiger partial charge is 0.480 e. The summed E-state index contributed by atoms with van der Waals surface area (Å²) < 4.78 is 0. The van der Waals surface area contributed by atoms with Crippen molar-refractivity contribution in [2.24, 2.45) is 0 Å². The van der Waals surface area contributed by atoms with E-state index in [1.165, 1.54) is 0 Å². The fraction of sp³-hybridized carbons (Fsp3) is 0.467. The Morgan fingerprint density at radius 2 is 2.14 bits per heavy atom. The first-order chi connectivity index (χ1) is 10.4. The Kier molecular flexibility index (Phi) is 5.67. The smallest absolute Gasteiger partial charge is 0.320 e. The van der Waals surface area contributed by atoms with Crippen LogP contribution in [0.1, 0.15) is 31.4 Å². The lowest BCUT2D eigenvalue weighted by Crippen LogP contribution is -2.43. The van der Waals surface area contributed by atoms with Crippen molar-refractivity contribution >= 4 is 35.1 Å². The lowest BCUT2D eigenvalue weighted by Gasteiger charge is -2.22. The van der Waals surface area contributed by atoms with Gasteiger partial charge in [0.15, 0.2) is 0 Å². The second kappa shape index (κ2) is 7.31. The minimum Gasteiger partial charge on any atom is -0.480 e. The topological polar surface area (TPSA) is 69.6 Å². The number of nitrogens with zero attached hydrogens (tertiary/aromatic N) is 1. The molecule has 0 spiro atoms. The molecule has 7 heteroatoms. The lowest BCUT2D eigenvalue weighted by molar-refractivity contribution is -0.142. The highest BCUT2D eigenvalue weighted by Gasteiger charge is 2.31. The number of likely N-dealkylation sites (tertiary alicyclic amines) is 1. The molecule has 0 unspecified atom stereocenters. The average molecular weight is 345 g/mol. The molecule has 1 amide bonds. The molecule has 0 aromatic heterocycles. The molecule has 2 N–H and O–H groups in total. The zero-order chi connectivity index (χ0) is 16.3. The number of halogens is 2. The Labute approximate surface area is 139 Å². The maximum Gasteiger partial charge on any atom is 0.320 e. The molecule has 5 nitrogen and oxygen atoms in total. The van der Waals surface area contributed by atoms with Gasteiger partial charge in [0.25, 0.3) is 0 Å². The zero-order valence-electron chi connectivity index (χ0n) is 12.2. The van der Waals surface area contributed by atoms with Crippen LogP contribution in [0.15, 0.2) is 18.2 Å². The Balaban J connectivity index is 1.93. The summed E-state index contributed by atoms with van der Waals surface area (Å²) >= 11 is 11.8. The van der Waals surface area contributed by atoms with Gasteiger partial charge in [0.2, 0.25) is 5.91 Å². The number of benzene rings is 1. The first-order valence-electron chi connectivity index (χ1n) is 7.09. The Hall–Kier alpha value is -1.30. The molecule has 1 fully saturated rings. The summed E-state index contributed by atoms with van der Waals surface area (Å²) in [6.45, 7) is 2.56. The number of amides is 1. The van der Waals surface area contributed by atoms with Crippen molar-refractivity contribution in [1.82, 2.24) is 10.2 Å². The van der Waals surface area contributed by atoms with Gasteiger partial charge in [-0.05, 0) is 44.0 Å². The monoisotopic (exact) mass is 344 g/mol. The number of carbonyl (C=O) groups is 2. The average Bonchev–Trinajstić information content (AvgIpc) is 2.89. The maximum atomic E-state index is 12.1. The highest BCUT2D eigenvalue weighted by atomic mass is 35.5. The van der Waals surface area contributed by atoms with Gasteiger partial charge in [0.05, 0.1) is 22.6 Å². The maximum absolute atomic E-state index is 12.1. The summed E-state index contributed by atoms with van der Waals surface area (Å²) in [5.41, 5.74) is 0.846. The van der Waals surface area contributed by atoms with Gasteiger partial charge >= 0.3 is 5.97 Å². The fourth-order valence-corrected chi connectivity index (χ4v) is 2.94. The number of carbonyl (C=O) groups excluding carboxylic acids is 1. The zero-order valence-corrected chi connectivity index (χ0v) is 13.7. The van der Waals surface area contributed by atoms with Gasteiger partial charge in [-0.15, -0.1) is 0 Å². The third-order valence-corrected chi connectivity index (χ3v) is 4.56. The van der Waals surface area contributed by atoms with E-state index in [4.69, 9.17) is 28.3 Å². The molecule has 1 saturated heterocycles. The normalized spacial score (nSPS) is 19.9. The van der Waals surface area contributed by atoms with E-state index in [-0.39, 0.29) is 18.5 Å². The molecule has 0 radical (unpaired) electrons. The van der Waals surface area contributed by atoms with Gasteiger partial charge in [-0.3, -0.25) is 14.5 Å². The number of carboxylic acid groups (broad SMARTS) is 1. The van der Waals surface area contributed by atoms with E-state index < -0.39 is 12.0 Å². The molecular formula is C15H18Cl2N2O3. The number of hydrogen-bond acceptors (Lipinski definition) is 3. The van der Waals surface area contributed by atoms with E-state index in [9.17, 15) is 9.59 Å². The lowest BCUT2D eigenvalue weighted by atomic mass is 10.1. The summed E-state index contributed by atoms with van der Waals surface area (Å²) in [6.07, 6.45) is 1.39. The third-order valence-electron chi connectivity index (χ3n) is 3.82. The van der Waals surface area contributed by atoms with Gasteiger partial charge < -0.3 is 10.4 Å². The van der Waals surface area contributed by atoms with Crippen LogP contribution in [0.5, 0.6) is 0 Å². The van der Waals surface area contributed by atoms with Crippen molar-refractivity contribution in [3.8, 4) is 0 Å². The molecule has 120 valence electrons. The minimum atomic E-state index is -0.872. The van der Waals surface area contributed by atoms with E-state index in [1.807, 2.05) is 6.92 Å². The Morgan fingerprint density at radius 1 is 1.41 bits per heavy atom. The van der Waals surface area contributed by atoms with Crippen molar-refractivity contribution < 1.29 is 14.7 Å². The SMILES string of the molecule is C[C@@H](NC(=O)CN1CCC[C@H]1C(=O)O)c1ccc(Cl)c(Cl)c1. The van der Waals surface area contributed by atoms with Crippen LogP contribution in [0, 0.1) is 0 Å². The number of aliphatic carboxylic acids is 1. The molecule has 0 bridgehead atoms. The van der Waals surface area contributed by atoms with E-state index in [0.717, 1.165) is 12.0 Å². The first kappa shape index (κ1) is 17.1. The van der Waals surface area contributed by atoms with Gasteiger partial charge in [0.1, 0.15) is 6.04 Å². The van der Waals surface area contributed by atoms with Crippen LogP contribution in [0.4, 0.5) is 0 Å². The van der Waals surface area contributed by atoms with E-state index in [2.05, 4.69) is 5.32 Å². The molecule has 1 aliphatic rings. The molecule has 1 aromatic rings. The number of nitrogens with one attached hydrogen (secondary N) is 1. The van der Waals surface area contributed by atoms with Crippen LogP contribution in [0.3, 0.4) is 0 Å². The van der Waals surface area contributed by atoms with Crippen molar-refractivity contribution in [1.29, 1.82) is 0 Å². The van der Waals surface area contributed by atoms with Crippen molar-refractivity contribution in [2.75, 3.05) is 13.1 Å². The molecule has 0 aliphatic carbocycles. The summed E-state index contributed by atoms with van der Waals surface area (Å²) in [4.78, 5) is 24.9. The molecule has 1 heterocycles. The summed E-state index contributed by atoms with van der Waals surface area (Å²) in [7, 11) is 0. The second-order valence-electron chi connectivity index (χ2n) is 5.43. The Bertz CT molecular complexity index is 580. The van der Waals surface area contributed by atoms with Gasteiger partial charge in [0, 0.05) is 0 Å². The predicted octanol–water partition coefficient (Wildman–Crippen LogP) is 2.72. The van der Waals surface area contributed by atoms with Crippen LogP contribution in [-0.4, -0.2) is 41.0 Å². The van der Waals surface area contributed by atoms with Crippen LogP contribution >= 0.6 is 23.2 Å². The van der Waals surface area contributed by atoms with Crippen LogP contribution in [0.25, 0.3) is 0 Å². The molecular weight excluding hydrogens is 327 g/mol. The molecule has 0 saturated carbocycles. The number of hydrogen-bond donors (Lipinski definition) is 2. The minimum absolute atomic E-state index is 0.0859. The van der Waals surface area contributed by atoms with Crippen LogP contribution in [-0.2, 0) is 9.59 Å². The molecule has 1 aliphatic heterocycles. The Morgan fingerprint density at radius 3 is 2.77 bits per heavy atom. The van der Waals surface area contributed by atoms with Crippen molar-refractivity contribution in [3.05, 3.63) is 33.8 Å². The standard InChI is InChI=1S/C15H18Cl2N2O3/c1-9(10-4-5-11(16)12(17)7-10)18-14(20)8-19-6-2-3-13(19)15(21)22/h4-5,7,9,13H,2-3,6,8H2,1H3,(H,18,20)(H,21,22)/t9-,13+/m1/s1. The number of rotatable bonds is 5. The van der Waals surface area contributed by atoms with Crippen molar-refractivity contribution in [3.63, 3.8) is 0 Å². The van der Waals surface area contributed by atoms with Crippen LogP contribution < -0.4 is 5.32 Å². The number of carboxylic acids is 1. The van der Waals surface area contributed by atoms with E-state index in [0.29, 0.717) is 23.0 Å². The van der Waals surface area contributed by atoms with E-state index >= 15 is 0 Å². The fourth-order valence-electron chi connectivity index (χ4n) is 2.63. The van der Waals surface area contributed by atoms with Gasteiger partial charge in [-0.25, -0.2) is 0 Å². The van der Waals surface area contributed by atoms with Gasteiger partial charge in [-0.2, -0.15) is 0 Å². The summed E-state index contributed by atoms with van der Waals surface area (Å²) in [6, 6.07) is 4.40. The molecule has 1 aromatic carbocycles. The summed E-state index contributed by atoms with van der Waals surface area (Å²) in [5, 5.41) is 12.9. The first-order valence-corrected chi connectivity index (χ1v) is 7.85. The van der Waals surface area contributed by atoms with Gasteiger partial charge in [-0.1, -0.05) is 29.3 Å². The quantitative estimate of drug-likeness (QED) is 0.861. The highest BCUT2D eigenvalue weighted by molar-refractivity contribution is 6.42. The van der Waals surface area contributed by atoms with E-state index in [1.54, 1.807) is 23.1 Å². The predicted molar refractivity (Wildman–Crippen MR) is 85.3 cm³/mol. The van der Waals surface area contributed by atoms with Crippen LogP contribution in [0.2, 0.25) is 10.0 Å². The molecule has 22 heavy (non-hydrogen) atoms. The highest BCUT2D eigenvalue weighted by Crippen LogP contribution is 2.25. The third kappa shape index (κ3) is 4.12. The summed E-state index contributed by atoms with van der Waals surface area (Å²) in [5.74, 6) is -1.07.